The Morgan fingerprint density at radius 1 is 0.933 bits per heavy atom. The van der Waals surface area contributed by atoms with Gasteiger partial charge in [-0.25, -0.2) is 4.79 Å². The molecule has 2 aromatic rings. The van der Waals surface area contributed by atoms with Crippen LogP contribution in [0.4, 0.5) is 11.4 Å². The van der Waals surface area contributed by atoms with Gasteiger partial charge in [-0.2, -0.15) is 0 Å². The molecule has 30 heavy (non-hydrogen) atoms. The molecule has 0 saturated heterocycles. The summed E-state index contributed by atoms with van der Waals surface area (Å²) in [6.45, 7) is 1.79. The third-order valence-electron chi connectivity index (χ3n) is 4.03. The fraction of sp³-hybridized carbons (Fsp3) is 0.286. The Labute approximate surface area is 196 Å². The molecule has 0 fully saturated rings. The SMILES string of the molecule is Brc1cccc(NC2=NCCCS2)c1.O=C(O)c1cccc(NC2=NCCCS2)c1.[HH].[HH]. The van der Waals surface area contributed by atoms with Crippen LogP contribution in [0.25, 0.3) is 0 Å². The number of carbonyl (C=O) groups is 1. The molecule has 0 saturated carbocycles. The van der Waals surface area contributed by atoms with Crippen LogP contribution in [0.15, 0.2) is 63.0 Å². The number of aromatic carboxylic acids is 1. The number of nitrogens with one attached hydrogen (secondary N) is 2. The van der Waals surface area contributed by atoms with E-state index in [-0.39, 0.29) is 8.42 Å². The number of carboxylic acids is 1. The standard InChI is InChI=1S/C11H12N2O2S.C10H11BrN2S.2H2/c14-10(15)8-3-1-4-9(7-8)13-11-12-5-2-6-16-11;11-8-3-1-4-9(7-8)13-10-12-5-2-6-14-10;;/h1,3-4,7H,2,5-6H2,(H,12,13)(H,14,15);1,3-4,7H,2,5-6H2,(H,12,13);2*1H. The molecule has 0 atom stereocenters. The van der Waals surface area contributed by atoms with Crippen molar-refractivity contribution in [3.8, 4) is 0 Å². The molecule has 0 bridgehead atoms. The molecule has 2 heterocycles. The lowest BCUT2D eigenvalue weighted by atomic mass is 10.2. The van der Waals surface area contributed by atoms with Gasteiger partial charge < -0.3 is 15.7 Å². The predicted molar refractivity (Wildman–Crippen MR) is 138 cm³/mol. The molecule has 0 amide bonds. The summed E-state index contributed by atoms with van der Waals surface area (Å²) < 4.78 is 1.09. The Morgan fingerprint density at radius 3 is 2.00 bits per heavy atom. The number of rotatable bonds is 3. The number of aliphatic imine (C=N–C) groups is 2. The van der Waals surface area contributed by atoms with Crippen molar-refractivity contribution in [1.82, 2.24) is 0 Å². The zero-order valence-electron chi connectivity index (χ0n) is 16.3. The third-order valence-corrected chi connectivity index (χ3v) is 6.52. The minimum atomic E-state index is -0.915. The summed E-state index contributed by atoms with van der Waals surface area (Å²) in [4.78, 5) is 19.5. The largest absolute Gasteiger partial charge is 0.478 e. The normalized spacial score (nSPS) is 15.8. The van der Waals surface area contributed by atoms with E-state index < -0.39 is 5.97 Å². The van der Waals surface area contributed by atoms with E-state index in [4.69, 9.17) is 5.11 Å². The van der Waals surface area contributed by atoms with E-state index in [1.54, 1.807) is 41.7 Å². The average Bonchev–Trinajstić information content (AvgIpc) is 2.76. The van der Waals surface area contributed by atoms with Crippen molar-refractivity contribution in [3.05, 3.63) is 58.6 Å². The number of benzene rings is 2. The first kappa shape index (κ1) is 22.7. The number of carboxylic acid groups (broad SMARTS) is 1. The number of halogens is 1. The molecule has 0 aliphatic carbocycles. The second kappa shape index (κ2) is 12.0. The van der Waals surface area contributed by atoms with Crippen molar-refractivity contribution >= 4 is 67.1 Å². The van der Waals surface area contributed by atoms with Gasteiger partial charge in [-0.15, -0.1) is 0 Å². The molecule has 9 heteroatoms. The van der Waals surface area contributed by atoms with Gasteiger partial charge in [0.05, 0.1) is 5.56 Å². The van der Waals surface area contributed by atoms with E-state index in [1.165, 1.54) is 12.2 Å². The zero-order valence-corrected chi connectivity index (χ0v) is 19.5. The second-order valence-electron chi connectivity index (χ2n) is 6.42. The Morgan fingerprint density at radius 2 is 1.50 bits per heavy atom. The van der Waals surface area contributed by atoms with E-state index in [2.05, 4.69) is 42.6 Å². The lowest BCUT2D eigenvalue weighted by Crippen LogP contribution is -2.13. The van der Waals surface area contributed by atoms with Gasteiger partial charge >= 0.3 is 5.97 Å². The van der Waals surface area contributed by atoms with E-state index in [1.807, 2.05) is 24.3 Å². The maximum atomic E-state index is 10.8. The molecule has 0 aromatic heterocycles. The van der Waals surface area contributed by atoms with Gasteiger partial charge in [0.1, 0.15) is 0 Å². The van der Waals surface area contributed by atoms with Crippen LogP contribution in [0.2, 0.25) is 0 Å². The average molecular weight is 512 g/mol. The maximum Gasteiger partial charge on any atom is 0.335 e. The monoisotopic (exact) mass is 510 g/mol. The van der Waals surface area contributed by atoms with Crippen molar-refractivity contribution in [2.45, 2.75) is 12.8 Å². The number of anilines is 2. The van der Waals surface area contributed by atoms with Gasteiger partial charge in [0.15, 0.2) is 10.3 Å². The summed E-state index contributed by atoms with van der Waals surface area (Å²) in [6, 6.07) is 14.9. The van der Waals surface area contributed by atoms with Gasteiger partial charge in [0.2, 0.25) is 0 Å². The Bertz CT molecular complexity index is 948. The van der Waals surface area contributed by atoms with Crippen LogP contribution in [0.3, 0.4) is 0 Å². The fourth-order valence-corrected chi connectivity index (χ4v) is 4.69. The van der Waals surface area contributed by atoms with E-state index in [0.717, 1.165) is 51.4 Å². The summed E-state index contributed by atoms with van der Waals surface area (Å²) in [5, 5.41) is 17.2. The number of thioether (sulfide) groups is 2. The van der Waals surface area contributed by atoms with Gasteiger partial charge in [0.25, 0.3) is 0 Å². The first-order chi connectivity index (χ1) is 14.6. The Kier molecular flexibility index (Phi) is 9.10. The van der Waals surface area contributed by atoms with Crippen LogP contribution in [0, 0.1) is 0 Å². The highest BCUT2D eigenvalue weighted by Gasteiger charge is 2.08. The van der Waals surface area contributed by atoms with Crippen LogP contribution >= 0.6 is 39.5 Å². The van der Waals surface area contributed by atoms with Crippen molar-refractivity contribution in [3.63, 3.8) is 0 Å². The molecule has 3 N–H and O–H groups in total. The first-order valence-electron chi connectivity index (χ1n) is 9.57. The van der Waals surface area contributed by atoms with Crippen molar-refractivity contribution in [2.75, 3.05) is 35.2 Å². The van der Waals surface area contributed by atoms with Crippen molar-refractivity contribution in [2.24, 2.45) is 9.98 Å². The highest BCUT2D eigenvalue weighted by Crippen LogP contribution is 2.19. The van der Waals surface area contributed by atoms with Gasteiger partial charge in [-0.05, 0) is 49.2 Å². The van der Waals surface area contributed by atoms with Crippen LogP contribution < -0.4 is 10.6 Å². The molecule has 0 radical (unpaired) electrons. The van der Waals surface area contributed by atoms with Gasteiger partial charge in [-0.1, -0.05) is 51.6 Å². The Hall–Kier alpha value is -1.97. The molecular weight excluding hydrogens is 484 g/mol. The molecule has 0 spiro atoms. The van der Waals surface area contributed by atoms with Crippen LogP contribution in [-0.4, -0.2) is 46.0 Å². The smallest absolute Gasteiger partial charge is 0.335 e. The van der Waals surface area contributed by atoms with Crippen molar-refractivity contribution in [1.29, 1.82) is 0 Å². The lowest BCUT2D eigenvalue weighted by molar-refractivity contribution is 0.0697. The lowest BCUT2D eigenvalue weighted by Gasteiger charge is -2.13. The summed E-state index contributed by atoms with van der Waals surface area (Å²) in [5.41, 5.74) is 2.15. The molecule has 4 rings (SSSR count). The second-order valence-corrected chi connectivity index (χ2v) is 9.51. The minimum Gasteiger partial charge on any atom is -0.478 e. The molecule has 0 unspecified atom stereocenters. The molecule has 162 valence electrons. The zero-order chi connectivity index (χ0) is 21.2. The molecule has 2 aromatic carbocycles. The number of hydrogen-bond acceptors (Lipinski definition) is 7. The fourth-order valence-electron chi connectivity index (χ4n) is 2.61. The van der Waals surface area contributed by atoms with E-state index in [0.29, 0.717) is 0 Å². The molecule has 6 nitrogen and oxygen atoms in total. The maximum absolute atomic E-state index is 10.8. The van der Waals surface area contributed by atoms with Crippen LogP contribution in [-0.2, 0) is 0 Å². The Balaban J connectivity index is 0.000000303. The minimum absolute atomic E-state index is 0. The molecule has 2 aliphatic heterocycles. The van der Waals surface area contributed by atoms with Gasteiger partial charge in [0, 0.05) is 43.3 Å². The van der Waals surface area contributed by atoms with Crippen molar-refractivity contribution < 1.29 is 12.8 Å². The summed E-state index contributed by atoms with van der Waals surface area (Å²) in [5.74, 6) is 1.31. The topological polar surface area (TPSA) is 86.1 Å². The molecule has 2 aliphatic rings. The van der Waals surface area contributed by atoms with Crippen LogP contribution in [0.1, 0.15) is 26.1 Å². The quantitative estimate of drug-likeness (QED) is 0.459. The van der Waals surface area contributed by atoms with Gasteiger partial charge in [-0.3, -0.25) is 9.98 Å². The molecular formula is C21H27BrN4O2S2. The third kappa shape index (κ3) is 7.70. The number of amidine groups is 2. The number of hydrogen-bond donors (Lipinski definition) is 3. The summed E-state index contributed by atoms with van der Waals surface area (Å²) in [6.07, 6.45) is 2.29. The first-order valence-corrected chi connectivity index (χ1v) is 12.3. The predicted octanol–water partition coefficient (Wildman–Crippen LogP) is 6.14. The summed E-state index contributed by atoms with van der Waals surface area (Å²) in [7, 11) is 0. The number of nitrogens with zero attached hydrogens (tertiary/aromatic N) is 2. The highest BCUT2D eigenvalue weighted by atomic mass is 79.9. The van der Waals surface area contributed by atoms with E-state index >= 15 is 0 Å². The summed E-state index contributed by atoms with van der Waals surface area (Å²) >= 11 is 6.89. The highest BCUT2D eigenvalue weighted by molar-refractivity contribution is 9.10. The van der Waals surface area contributed by atoms with Crippen LogP contribution in [0.5, 0.6) is 0 Å². The van der Waals surface area contributed by atoms with E-state index in [9.17, 15) is 4.79 Å².